The van der Waals surface area contributed by atoms with Crippen molar-refractivity contribution in [2.75, 3.05) is 11.9 Å². The summed E-state index contributed by atoms with van der Waals surface area (Å²) in [5.41, 5.74) is 1.21. The molecule has 0 spiro atoms. The monoisotopic (exact) mass is 411 g/mol. The molecule has 0 unspecified atom stereocenters. The Morgan fingerprint density at radius 2 is 1.07 bits per heavy atom. The summed E-state index contributed by atoms with van der Waals surface area (Å²) < 4.78 is 0. The van der Waals surface area contributed by atoms with Gasteiger partial charge in [-0.25, -0.2) is 0 Å². The van der Waals surface area contributed by atoms with Crippen molar-refractivity contribution in [2.24, 2.45) is 0 Å². The third-order valence-electron chi connectivity index (χ3n) is 5.48. The van der Waals surface area contributed by atoms with Crippen molar-refractivity contribution in [3.05, 3.63) is 29.8 Å². The number of nitrogens with one attached hydrogen (secondary N) is 1. The normalized spacial score (nSPS) is 10.5. The minimum absolute atomic E-state index is 0. The van der Waals surface area contributed by atoms with Crippen LogP contribution in [-0.4, -0.2) is 12.5 Å². The predicted octanol–water partition coefficient (Wildman–Crippen LogP) is 3.73. The van der Waals surface area contributed by atoms with Crippen LogP contribution in [0.2, 0.25) is 0 Å². The van der Waals surface area contributed by atoms with Gasteiger partial charge in [-0.15, -0.1) is 0 Å². The maximum absolute atomic E-state index is 10.7. The number of carbonyl (C=O) groups is 1. The van der Waals surface area contributed by atoms with E-state index in [-0.39, 0.29) is 35.1 Å². The summed E-state index contributed by atoms with van der Waals surface area (Å²) in [6.07, 6.45) is 22.1. The van der Waals surface area contributed by atoms with Crippen LogP contribution in [0.4, 0.5) is 5.69 Å². The number of benzene rings is 1. The molecule has 1 N–H and O–H groups in total. The van der Waals surface area contributed by atoms with E-state index in [1.165, 1.54) is 103 Å². The van der Waals surface area contributed by atoms with E-state index in [9.17, 15) is 9.90 Å². The summed E-state index contributed by atoms with van der Waals surface area (Å²) in [6.45, 7) is 3.23. The van der Waals surface area contributed by atoms with Gasteiger partial charge in [-0.1, -0.05) is 115 Å². The van der Waals surface area contributed by atoms with E-state index in [1.807, 2.05) is 0 Å². The molecule has 1 aromatic rings. The van der Waals surface area contributed by atoms with E-state index >= 15 is 0 Å². The van der Waals surface area contributed by atoms with E-state index in [0.717, 1.165) is 12.2 Å². The van der Waals surface area contributed by atoms with Gasteiger partial charge in [-0.05, 0) is 24.1 Å². The number of unbranched alkanes of at least 4 members (excludes halogenated alkanes) is 15. The molecule has 0 amide bonds. The summed E-state index contributed by atoms with van der Waals surface area (Å²) in [5.74, 6) is -1.12. The van der Waals surface area contributed by atoms with Crippen LogP contribution in [0.1, 0.15) is 120 Å². The van der Waals surface area contributed by atoms with Crippen LogP contribution in [0.15, 0.2) is 24.3 Å². The van der Waals surface area contributed by atoms with Crippen molar-refractivity contribution in [3.63, 3.8) is 0 Å². The van der Waals surface area contributed by atoms with Gasteiger partial charge in [0.25, 0.3) is 0 Å². The Kier molecular flexibility index (Phi) is 20.4. The molecule has 1 aromatic carbocycles. The van der Waals surface area contributed by atoms with E-state index in [4.69, 9.17) is 0 Å². The molecule has 0 fully saturated rings. The molecule has 160 valence electrons. The average Bonchev–Trinajstić information content (AvgIpc) is 2.70. The van der Waals surface area contributed by atoms with Crippen LogP contribution < -0.4 is 40.0 Å². The summed E-state index contributed by atoms with van der Waals surface area (Å²) in [4.78, 5) is 10.7. The Balaban J connectivity index is 0.00000784. The second kappa shape index (κ2) is 20.8. The fraction of sp³-hybridized carbons (Fsp3) is 0.720. The molecule has 0 aromatic heterocycles. The van der Waals surface area contributed by atoms with Gasteiger partial charge < -0.3 is 15.2 Å². The molecule has 0 aliphatic rings. The maximum atomic E-state index is 10.7. The molecule has 4 heteroatoms. The van der Waals surface area contributed by atoms with Crippen molar-refractivity contribution >= 4 is 11.7 Å². The van der Waals surface area contributed by atoms with Gasteiger partial charge >= 0.3 is 29.6 Å². The second-order valence-electron chi connectivity index (χ2n) is 8.09. The summed E-state index contributed by atoms with van der Waals surface area (Å²) in [5, 5.41) is 14.1. The fourth-order valence-electron chi connectivity index (χ4n) is 3.63. The maximum Gasteiger partial charge on any atom is 1.00 e. The third-order valence-corrected chi connectivity index (χ3v) is 5.48. The van der Waals surface area contributed by atoms with E-state index in [1.54, 1.807) is 24.3 Å². The van der Waals surface area contributed by atoms with Gasteiger partial charge in [0.2, 0.25) is 0 Å². The minimum atomic E-state index is -1.12. The molecular weight excluding hydrogens is 369 g/mol. The second-order valence-corrected chi connectivity index (χ2v) is 8.09. The number of rotatable bonds is 19. The summed E-state index contributed by atoms with van der Waals surface area (Å²) in [7, 11) is 0. The van der Waals surface area contributed by atoms with Crippen molar-refractivity contribution in [2.45, 2.75) is 110 Å². The predicted molar refractivity (Wildman–Crippen MR) is 119 cm³/mol. The SMILES string of the molecule is CCCCCCCCCCCCCCCCCCNc1ccc(C(=O)[O-])cc1.[Na+]. The number of carboxylic acid groups (broad SMARTS) is 1. The molecule has 0 saturated heterocycles. The Morgan fingerprint density at radius 1 is 0.690 bits per heavy atom. The Hall–Kier alpha value is -0.510. The zero-order valence-corrected chi connectivity index (χ0v) is 21.1. The van der Waals surface area contributed by atoms with Gasteiger partial charge in [0.15, 0.2) is 0 Å². The molecule has 0 atom stereocenters. The quantitative estimate of drug-likeness (QED) is 0.279. The van der Waals surface area contributed by atoms with Gasteiger partial charge in [-0.3, -0.25) is 0 Å². The largest absolute Gasteiger partial charge is 1.00 e. The third kappa shape index (κ3) is 16.9. The van der Waals surface area contributed by atoms with Gasteiger partial charge in [-0.2, -0.15) is 0 Å². The first-order valence-corrected chi connectivity index (χ1v) is 11.8. The topological polar surface area (TPSA) is 52.2 Å². The van der Waals surface area contributed by atoms with Crippen molar-refractivity contribution in [3.8, 4) is 0 Å². The first-order chi connectivity index (χ1) is 13.7. The first-order valence-electron chi connectivity index (χ1n) is 11.8. The molecule has 3 nitrogen and oxygen atoms in total. The van der Waals surface area contributed by atoms with Crippen LogP contribution in [0.5, 0.6) is 0 Å². The van der Waals surface area contributed by atoms with Crippen molar-refractivity contribution in [1.29, 1.82) is 0 Å². The van der Waals surface area contributed by atoms with Crippen LogP contribution in [0, 0.1) is 0 Å². The standard InChI is InChI=1S/C25H43NO2.Na/c1-2-3-4-5-6-7-8-9-10-11-12-13-14-15-16-17-22-26-24-20-18-23(19-21-24)25(27)28;/h18-21,26H,2-17,22H2,1H3,(H,27,28);/q;+1/p-1. The van der Waals surface area contributed by atoms with E-state index in [2.05, 4.69) is 12.2 Å². The molecule has 29 heavy (non-hydrogen) atoms. The van der Waals surface area contributed by atoms with E-state index in [0.29, 0.717) is 0 Å². The van der Waals surface area contributed by atoms with Gasteiger partial charge in [0.1, 0.15) is 0 Å². The molecule has 1 rings (SSSR count). The van der Waals surface area contributed by atoms with Crippen LogP contribution in [-0.2, 0) is 0 Å². The van der Waals surface area contributed by atoms with Crippen molar-refractivity contribution < 1.29 is 39.5 Å². The Labute approximate surface area is 201 Å². The molecule has 0 aliphatic carbocycles. The molecule has 0 aliphatic heterocycles. The number of hydrogen-bond acceptors (Lipinski definition) is 3. The molecular formula is C25H42NNaO2. The van der Waals surface area contributed by atoms with Crippen LogP contribution >= 0.6 is 0 Å². The van der Waals surface area contributed by atoms with Gasteiger partial charge in [0.05, 0.1) is 5.97 Å². The molecule has 0 saturated carbocycles. The Morgan fingerprint density at radius 3 is 1.45 bits per heavy atom. The minimum Gasteiger partial charge on any atom is -0.545 e. The zero-order chi connectivity index (χ0) is 20.3. The Bertz CT molecular complexity index is 490. The molecule has 0 radical (unpaired) electrons. The van der Waals surface area contributed by atoms with Crippen LogP contribution in [0.3, 0.4) is 0 Å². The van der Waals surface area contributed by atoms with Gasteiger partial charge in [0, 0.05) is 12.2 Å². The summed E-state index contributed by atoms with van der Waals surface area (Å²) in [6, 6.07) is 6.78. The number of carbonyl (C=O) groups excluding carboxylic acids is 1. The fourth-order valence-corrected chi connectivity index (χ4v) is 3.63. The smallest absolute Gasteiger partial charge is 0.545 e. The zero-order valence-electron chi connectivity index (χ0n) is 19.1. The number of carboxylic acids is 1. The molecule has 0 heterocycles. The van der Waals surface area contributed by atoms with Crippen molar-refractivity contribution in [1.82, 2.24) is 0 Å². The van der Waals surface area contributed by atoms with Crippen LogP contribution in [0.25, 0.3) is 0 Å². The number of hydrogen-bond donors (Lipinski definition) is 1. The first kappa shape index (κ1) is 28.5. The average molecular weight is 412 g/mol. The summed E-state index contributed by atoms with van der Waals surface area (Å²) >= 11 is 0. The molecule has 0 bridgehead atoms. The number of anilines is 1. The number of aromatic carboxylic acids is 1. The van der Waals surface area contributed by atoms with E-state index < -0.39 is 5.97 Å².